The van der Waals surface area contributed by atoms with E-state index in [2.05, 4.69) is 10.1 Å². The molecule has 74 valence electrons. The Bertz CT molecular complexity index is 268. The monoisotopic (exact) mass is 184 g/mol. The Balaban J connectivity index is 2.57. The van der Waals surface area contributed by atoms with Crippen LogP contribution in [0.5, 0.6) is 0 Å². The second-order valence-electron chi connectivity index (χ2n) is 3.60. The molecule has 0 atom stereocenters. The summed E-state index contributed by atoms with van der Waals surface area (Å²) in [6.45, 7) is 8.49. The van der Waals surface area contributed by atoms with Crippen molar-refractivity contribution in [3.05, 3.63) is 11.7 Å². The predicted octanol–water partition coefficient (Wildman–Crippen LogP) is 1.74. The highest BCUT2D eigenvalue weighted by molar-refractivity contribution is 4.90. The fraction of sp³-hybridized carbons (Fsp3) is 0.778. The lowest BCUT2D eigenvalue weighted by Crippen LogP contribution is -2.27. The Labute approximate surface area is 78.3 Å². The van der Waals surface area contributed by atoms with Crippen LogP contribution in [-0.4, -0.2) is 22.3 Å². The lowest BCUT2D eigenvalue weighted by Gasteiger charge is -2.22. The van der Waals surface area contributed by atoms with Crippen LogP contribution in [0, 0.1) is 6.92 Å². The third-order valence-electron chi connectivity index (χ3n) is 1.69. The van der Waals surface area contributed by atoms with Crippen molar-refractivity contribution in [3.8, 4) is 0 Å². The summed E-state index contributed by atoms with van der Waals surface area (Å²) in [4.78, 5) is 4.12. The van der Waals surface area contributed by atoms with Crippen LogP contribution in [0.15, 0.2) is 4.52 Å². The first kappa shape index (κ1) is 10.2. The van der Waals surface area contributed by atoms with Crippen LogP contribution in [0.2, 0.25) is 0 Å². The molecule has 4 nitrogen and oxygen atoms in total. The topological polar surface area (TPSA) is 48.2 Å². The Kier molecular flexibility index (Phi) is 3.03. The molecular formula is C9H16N2O2. The van der Waals surface area contributed by atoms with E-state index >= 15 is 0 Å². The molecule has 1 aromatic rings. The minimum Gasteiger partial charge on any atom is -0.375 e. The summed E-state index contributed by atoms with van der Waals surface area (Å²) in [5.41, 5.74) is -0.217. The van der Waals surface area contributed by atoms with Gasteiger partial charge in [0, 0.05) is 20.0 Å². The number of ether oxygens (including phenoxy) is 1. The van der Waals surface area contributed by atoms with Gasteiger partial charge in [0.25, 0.3) is 0 Å². The zero-order chi connectivity index (χ0) is 9.90. The van der Waals surface area contributed by atoms with E-state index in [0.717, 1.165) is 0 Å². The van der Waals surface area contributed by atoms with Gasteiger partial charge in [0.15, 0.2) is 5.82 Å². The highest BCUT2D eigenvalue weighted by atomic mass is 16.5. The highest BCUT2D eigenvalue weighted by Gasteiger charge is 2.21. The van der Waals surface area contributed by atoms with Gasteiger partial charge in [-0.3, -0.25) is 0 Å². The fourth-order valence-electron chi connectivity index (χ4n) is 1.24. The number of rotatable bonds is 4. The van der Waals surface area contributed by atoms with Gasteiger partial charge in [0.1, 0.15) is 0 Å². The van der Waals surface area contributed by atoms with E-state index in [1.165, 1.54) is 0 Å². The van der Waals surface area contributed by atoms with Gasteiger partial charge in [-0.25, -0.2) is 0 Å². The van der Waals surface area contributed by atoms with Crippen LogP contribution in [0.3, 0.4) is 0 Å². The summed E-state index contributed by atoms with van der Waals surface area (Å²) >= 11 is 0. The summed E-state index contributed by atoms with van der Waals surface area (Å²) in [7, 11) is 0. The van der Waals surface area contributed by atoms with Crippen LogP contribution in [-0.2, 0) is 11.2 Å². The Hall–Kier alpha value is -0.900. The van der Waals surface area contributed by atoms with Crippen molar-refractivity contribution >= 4 is 0 Å². The van der Waals surface area contributed by atoms with Crippen LogP contribution >= 0.6 is 0 Å². The molecule has 0 fully saturated rings. The Morgan fingerprint density at radius 1 is 1.46 bits per heavy atom. The predicted molar refractivity (Wildman–Crippen MR) is 48.4 cm³/mol. The van der Waals surface area contributed by atoms with Gasteiger partial charge in [-0.2, -0.15) is 4.98 Å². The molecule has 1 aromatic heterocycles. The Morgan fingerprint density at radius 3 is 2.62 bits per heavy atom. The minimum atomic E-state index is -0.217. The SMILES string of the molecule is CCOC(C)(C)Cc1noc(C)n1. The number of aromatic nitrogens is 2. The zero-order valence-corrected chi connectivity index (χ0v) is 8.63. The average Bonchev–Trinajstić information content (AvgIpc) is 2.34. The van der Waals surface area contributed by atoms with Gasteiger partial charge >= 0.3 is 0 Å². The highest BCUT2D eigenvalue weighted by Crippen LogP contribution is 2.14. The van der Waals surface area contributed by atoms with Crippen molar-refractivity contribution < 1.29 is 9.26 Å². The van der Waals surface area contributed by atoms with Crippen molar-refractivity contribution in [2.75, 3.05) is 6.61 Å². The summed E-state index contributed by atoms with van der Waals surface area (Å²) in [6, 6.07) is 0. The van der Waals surface area contributed by atoms with Gasteiger partial charge in [0.05, 0.1) is 5.60 Å². The number of hydrogen-bond acceptors (Lipinski definition) is 4. The van der Waals surface area contributed by atoms with E-state index < -0.39 is 0 Å². The molecule has 0 amide bonds. The molecule has 0 spiro atoms. The molecule has 0 saturated heterocycles. The van der Waals surface area contributed by atoms with Crippen LogP contribution < -0.4 is 0 Å². The first-order chi connectivity index (χ1) is 6.03. The fourth-order valence-corrected chi connectivity index (χ4v) is 1.24. The number of hydrogen-bond donors (Lipinski definition) is 0. The van der Waals surface area contributed by atoms with Crippen molar-refractivity contribution in [1.29, 1.82) is 0 Å². The molecule has 1 rings (SSSR count). The molecule has 4 heteroatoms. The first-order valence-corrected chi connectivity index (χ1v) is 4.46. The third kappa shape index (κ3) is 3.14. The van der Waals surface area contributed by atoms with E-state index in [4.69, 9.17) is 9.26 Å². The summed E-state index contributed by atoms with van der Waals surface area (Å²) in [5, 5.41) is 3.82. The first-order valence-electron chi connectivity index (χ1n) is 4.46. The van der Waals surface area contributed by atoms with Gasteiger partial charge in [-0.05, 0) is 20.8 Å². The van der Waals surface area contributed by atoms with Gasteiger partial charge in [-0.15, -0.1) is 0 Å². The van der Waals surface area contributed by atoms with Gasteiger partial charge in [0.2, 0.25) is 5.89 Å². The molecule has 13 heavy (non-hydrogen) atoms. The quantitative estimate of drug-likeness (QED) is 0.715. The second kappa shape index (κ2) is 3.87. The lowest BCUT2D eigenvalue weighted by molar-refractivity contribution is -0.0110. The molecular weight excluding hydrogens is 168 g/mol. The molecule has 0 aliphatic carbocycles. The molecule has 0 bridgehead atoms. The summed E-state index contributed by atoms with van der Waals surface area (Å²) in [6.07, 6.45) is 0.679. The second-order valence-corrected chi connectivity index (χ2v) is 3.60. The third-order valence-corrected chi connectivity index (χ3v) is 1.69. The molecule has 0 N–H and O–H groups in total. The molecule has 0 unspecified atom stereocenters. The van der Waals surface area contributed by atoms with Gasteiger partial charge in [-0.1, -0.05) is 5.16 Å². The molecule has 1 heterocycles. The van der Waals surface area contributed by atoms with Crippen LogP contribution in [0.25, 0.3) is 0 Å². The minimum absolute atomic E-state index is 0.217. The smallest absolute Gasteiger partial charge is 0.223 e. The lowest BCUT2D eigenvalue weighted by atomic mass is 10.1. The standard InChI is InChI=1S/C9H16N2O2/c1-5-12-9(3,4)6-8-10-7(2)13-11-8/h5-6H2,1-4H3. The van der Waals surface area contributed by atoms with Crippen molar-refractivity contribution in [2.45, 2.75) is 39.7 Å². The Morgan fingerprint density at radius 2 is 2.15 bits per heavy atom. The maximum atomic E-state index is 5.52. The average molecular weight is 184 g/mol. The summed E-state index contributed by atoms with van der Waals surface area (Å²) < 4.78 is 10.4. The van der Waals surface area contributed by atoms with Crippen molar-refractivity contribution in [1.82, 2.24) is 10.1 Å². The van der Waals surface area contributed by atoms with Crippen LogP contribution in [0.4, 0.5) is 0 Å². The molecule has 0 saturated carbocycles. The number of aryl methyl sites for hydroxylation is 1. The summed E-state index contributed by atoms with van der Waals surface area (Å²) in [5.74, 6) is 1.30. The maximum Gasteiger partial charge on any atom is 0.223 e. The van der Waals surface area contributed by atoms with E-state index in [1.54, 1.807) is 6.92 Å². The largest absolute Gasteiger partial charge is 0.375 e. The molecule has 0 aromatic carbocycles. The maximum absolute atomic E-state index is 5.52. The zero-order valence-electron chi connectivity index (χ0n) is 8.63. The molecule has 0 radical (unpaired) electrons. The van der Waals surface area contributed by atoms with E-state index in [1.807, 2.05) is 20.8 Å². The van der Waals surface area contributed by atoms with E-state index in [-0.39, 0.29) is 5.60 Å². The van der Waals surface area contributed by atoms with Gasteiger partial charge < -0.3 is 9.26 Å². The molecule has 0 aliphatic rings. The van der Waals surface area contributed by atoms with E-state index in [0.29, 0.717) is 24.7 Å². The van der Waals surface area contributed by atoms with Crippen molar-refractivity contribution in [3.63, 3.8) is 0 Å². The number of nitrogens with zero attached hydrogens (tertiary/aromatic N) is 2. The van der Waals surface area contributed by atoms with Crippen molar-refractivity contribution in [2.24, 2.45) is 0 Å². The molecule has 0 aliphatic heterocycles. The van der Waals surface area contributed by atoms with Crippen LogP contribution in [0.1, 0.15) is 32.5 Å². The normalized spacial score (nSPS) is 12.0. The van der Waals surface area contributed by atoms with E-state index in [9.17, 15) is 0 Å².